The molecule has 0 amide bonds. The smallest absolute Gasteiger partial charge is 0.118 e. The molecule has 1 atom stereocenters. The minimum Gasteiger partial charge on any atom is -0.497 e. The van der Waals surface area contributed by atoms with E-state index in [-0.39, 0.29) is 12.4 Å². The first-order chi connectivity index (χ1) is 5.77. The molecule has 1 aromatic carbocycles. The first-order valence-corrected chi connectivity index (χ1v) is 3.73. The molecule has 74 valence electrons. The number of hydrogen-bond acceptors (Lipinski definition) is 2. The SMILES string of the molecule is COc1ccc([C@@H](N)CF)cc1.Cl. The highest BCUT2D eigenvalue weighted by Gasteiger charge is 2.03. The van der Waals surface area contributed by atoms with Crippen LogP contribution in [-0.2, 0) is 0 Å². The van der Waals surface area contributed by atoms with Crippen LogP contribution in [0.2, 0.25) is 0 Å². The maximum absolute atomic E-state index is 12.1. The molecule has 1 rings (SSSR count). The molecular weight excluding hydrogens is 193 g/mol. The van der Waals surface area contributed by atoms with Crippen molar-refractivity contribution in [1.82, 2.24) is 0 Å². The van der Waals surface area contributed by atoms with Crippen molar-refractivity contribution < 1.29 is 9.13 Å². The van der Waals surface area contributed by atoms with Gasteiger partial charge in [0.05, 0.1) is 13.2 Å². The summed E-state index contributed by atoms with van der Waals surface area (Å²) in [5, 5.41) is 0. The maximum Gasteiger partial charge on any atom is 0.118 e. The number of alkyl halides is 1. The molecule has 0 fully saturated rings. The number of methoxy groups -OCH3 is 1. The van der Waals surface area contributed by atoms with E-state index in [0.717, 1.165) is 11.3 Å². The standard InChI is InChI=1S/C9H12FNO.ClH/c1-12-8-4-2-7(3-5-8)9(11)6-10;/h2-5,9H,6,11H2,1H3;1H/t9-;/m0./s1. The third-order valence-corrected chi connectivity index (χ3v) is 1.71. The number of hydrogen-bond donors (Lipinski definition) is 1. The van der Waals surface area contributed by atoms with Gasteiger partial charge in [0.2, 0.25) is 0 Å². The third-order valence-electron chi connectivity index (χ3n) is 1.71. The summed E-state index contributed by atoms with van der Waals surface area (Å²) in [4.78, 5) is 0. The number of nitrogens with two attached hydrogens (primary N) is 1. The Bertz CT molecular complexity index is 240. The second-order valence-corrected chi connectivity index (χ2v) is 2.53. The lowest BCUT2D eigenvalue weighted by Crippen LogP contribution is -2.11. The molecule has 4 heteroatoms. The lowest BCUT2D eigenvalue weighted by molar-refractivity contribution is 0.413. The van der Waals surface area contributed by atoms with Crippen LogP contribution in [0.1, 0.15) is 11.6 Å². The quantitative estimate of drug-likeness (QED) is 0.820. The van der Waals surface area contributed by atoms with E-state index in [4.69, 9.17) is 10.5 Å². The first-order valence-electron chi connectivity index (χ1n) is 3.73. The van der Waals surface area contributed by atoms with E-state index in [1.165, 1.54) is 0 Å². The van der Waals surface area contributed by atoms with Crippen molar-refractivity contribution in [1.29, 1.82) is 0 Å². The Morgan fingerprint density at radius 2 is 1.92 bits per heavy atom. The average molecular weight is 206 g/mol. The Morgan fingerprint density at radius 3 is 2.31 bits per heavy atom. The Morgan fingerprint density at radius 1 is 1.38 bits per heavy atom. The van der Waals surface area contributed by atoms with Gasteiger partial charge in [0, 0.05) is 0 Å². The minimum atomic E-state index is -0.535. The predicted molar refractivity (Wildman–Crippen MR) is 53.1 cm³/mol. The number of ether oxygens (including phenoxy) is 1. The van der Waals surface area contributed by atoms with E-state index in [1.807, 2.05) is 0 Å². The lowest BCUT2D eigenvalue weighted by Gasteiger charge is -2.07. The van der Waals surface area contributed by atoms with Crippen LogP contribution in [-0.4, -0.2) is 13.8 Å². The van der Waals surface area contributed by atoms with E-state index in [1.54, 1.807) is 31.4 Å². The zero-order valence-corrected chi connectivity index (χ0v) is 8.18. The van der Waals surface area contributed by atoms with Gasteiger partial charge in [0.15, 0.2) is 0 Å². The number of halogens is 2. The summed E-state index contributed by atoms with van der Waals surface area (Å²) < 4.78 is 17.0. The highest BCUT2D eigenvalue weighted by atomic mass is 35.5. The summed E-state index contributed by atoms with van der Waals surface area (Å²) in [6, 6.07) is 6.55. The van der Waals surface area contributed by atoms with Crippen molar-refractivity contribution >= 4 is 12.4 Å². The summed E-state index contributed by atoms with van der Waals surface area (Å²) >= 11 is 0. The van der Waals surface area contributed by atoms with Gasteiger partial charge in [-0.25, -0.2) is 4.39 Å². The molecule has 0 unspecified atom stereocenters. The van der Waals surface area contributed by atoms with Crippen molar-refractivity contribution in [2.45, 2.75) is 6.04 Å². The van der Waals surface area contributed by atoms with E-state index >= 15 is 0 Å². The van der Waals surface area contributed by atoms with Crippen molar-refractivity contribution in [3.05, 3.63) is 29.8 Å². The fourth-order valence-electron chi connectivity index (χ4n) is 0.940. The number of benzene rings is 1. The van der Waals surface area contributed by atoms with Gasteiger partial charge in [-0.2, -0.15) is 0 Å². The van der Waals surface area contributed by atoms with E-state index in [0.29, 0.717) is 0 Å². The van der Waals surface area contributed by atoms with Gasteiger partial charge < -0.3 is 10.5 Å². The predicted octanol–water partition coefficient (Wildman–Crippen LogP) is 2.09. The molecule has 1 aromatic rings. The highest BCUT2D eigenvalue weighted by molar-refractivity contribution is 5.85. The molecule has 0 heterocycles. The maximum atomic E-state index is 12.1. The molecule has 0 aliphatic heterocycles. The summed E-state index contributed by atoms with van der Waals surface area (Å²) in [7, 11) is 1.59. The van der Waals surface area contributed by atoms with Gasteiger partial charge in [-0.1, -0.05) is 12.1 Å². The summed E-state index contributed by atoms with van der Waals surface area (Å²) in [5.41, 5.74) is 6.26. The second kappa shape index (κ2) is 5.78. The van der Waals surface area contributed by atoms with Gasteiger partial charge in [0.25, 0.3) is 0 Å². The van der Waals surface area contributed by atoms with Crippen LogP contribution in [0.15, 0.2) is 24.3 Å². The Labute approximate surface area is 83.3 Å². The van der Waals surface area contributed by atoms with Crippen molar-refractivity contribution in [3.8, 4) is 5.75 Å². The van der Waals surface area contributed by atoms with Gasteiger partial charge in [-0.3, -0.25) is 0 Å². The molecule has 2 nitrogen and oxygen atoms in total. The highest BCUT2D eigenvalue weighted by Crippen LogP contribution is 2.15. The van der Waals surface area contributed by atoms with Crippen LogP contribution in [0.3, 0.4) is 0 Å². The molecule has 2 N–H and O–H groups in total. The summed E-state index contributed by atoms with van der Waals surface area (Å²) in [5.74, 6) is 0.754. The van der Waals surface area contributed by atoms with Crippen molar-refractivity contribution in [2.24, 2.45) is 5.73 Å². The van der Waals surface area contributed by atoms with Gasteiger partial charge >= 0.3 is 0 Å². The fourth-order valence-corrected chi connectivity index (χ4v) is 0.940. The largest absolute Gasteiger partial charge is 0.497 e. The molecular formula is C9H13ClFNO. The molecule has 0 bridgehead atoms. The molecule has 0 spiro atoms. The van der Waals surface area contributed by atoms with Crippen molar-refractivity contribution in [2.75, 3.05) is 13.8 Å². The molecule has 0 aromatic heterocycles. The zero-order chi connectivity index (χ0) is 8.97. The summed E-state index contributed by atoms with van der Waals surface area (Å²) in [6.07, 6.45) is 0. The topological polar surface area (TPSA) is 35.2 Å². The van der Waals surface area contributed by atoms with Gasteiger partial charge in [0.1, 0.15) is 12.4 Å². The number of rotatable bonds is 3. The zero-order valence-electron chi connectivity index (χ0n) is 7.37. The van der Waals surface area contributed by atoms with E-state index in [9.17, 15) is 4.39 Å². The monoisotopic (exact) mass is 205 g/mol. The minimum absolute atomic E-state index is 0. The molecule has 13 heavy (non-hydrogen) atoms. The van der Waals surface area contributed by atoms with Gasteiger partial charge in [-0.15, -0.1) is 12.4 Å². The van der Waals surface area contributed by atoms with Crippen molar-refractivity contribution in [3.63, 3.8) is 0 Å². The molecule has 0 aliphatic rings. The van der Waals surface area contributed by atoms with E-state index < -0.39 is 12.7 Å². The molecule has 0 aliphatic carbocycles. The van der Waals surface area contributed by atoms with Crippen LogP contribution < -0.4 is 10.5 Å². The van der Waals surface area contributed by atoms with Gasteiger partial charge in [-0.05, 0) is 17.7 Å². The van der Waals surface area contributed by atoms with Crippen LogP contribution in [0, 0.1) is 0 Å². The Balaban J connectivity index is 0.00000144. The third kappa shape index (κ3) is 3.20. The first kappa shape index (κ1) is 12.2. The van der Waals surface area contributed by atoms with Crippen LogP contribution in [0.5, 0.6) is 5.75 Å². The van der Waals surface area contributed by atoms with Crippen LogP contribution >= 0.6 is 12.4 Å². The van der Waals surface area contributed by atoms with Crippen LogP contribution in [0.4, 0.5) is 4.39 Å². The van der Waals surface area contributed by atoms with Crippen LogP contribution in [0.25, 0.3) is 0 Å². The molecule has 0 radical (unpaired) electrons. The lowest BCUT2D eigenvalue weighted by atomic mass is 10.1. The van der Waals surface area contributed by atoms with E-state index in [2.05, 4.69) is 0 Å². The summed E-state index contributed by atoms with van der Waals surface area (Å²) in [6.45, 7) is -0.535. The second-order valence-electron chi connectivity index (χ2n) is 2.53. The molecule has 0 saturated heterocycles. The Kier molecular flexibility index (Phi) is 5.42. The normalized spacial score (nSPS) is 11.6. The average Bonchev–Trinajstić information content (AvgIpc) is 2.17. The Hall–Kier alpha value is -0.800. The fraction of sp³-hybridized carbons (Fsp3) is 0.333. The molecule has 0 saturated carbocycles.